The Morgan fingerprint density at radius 1 is 0.424 bits per heavy atom. The molecule has 0 heterocycles. The quantitative estimate of drug-likeness (QED) is 0.257. The van der Waals surface area contributed by atoms with Gasteiger partial charge in [0.05, 0.1) is 0 Å². The molecule has 0 aliphatic rings. The van der Waals surface area contributed by atoms with Gasteiger partial charge in [0.15, 0.2) is 0 Å². The molecule has 0 aliphatic carbocycles. The first-order valence-corrected chi connectivity index (χ1v) is 11.1. The number of hydrogen-bond donors (Lipinski definition) is 0. The van der Waals surface area contributed by atoms with Crippen LogP contribution < -0.4 is 0 Å². The lowest BCUT2D eigenvalue weighted by molar-refractivity contribution is 0.485. The fourth-order valence-corrected chi connectivity index (χ4v) is 3.41. The molecule has 0 fully saturated rings. The zero-order valence-electron chi connectivity index (χ0n) is 18.8. The highest BCUT2D eigenvalue weighted by Crippen LogP contribution is 2.15. The van der Waals surface area contributed by atoms with Crippen LogP contribution in [0.25, 0.3) is 36.5 Å². The van der Waals surface area contributed by atoms with Gasteiger partial charge in [0, 0.05) is 0 Å². The number of hydrogen-bond acceptors (Lipinski definition) is 0. The van der Waals surface area contributed by atoms with Crippen molar-refractivity contribution in [3.63, 3.8) is 0 Å². The normalized spacial score (nSPS) is 11.7. The molecule has 4 aromatic rings. The molecule has 0 aromatic heterocycles. The Bertz CT molecular complexity index is 1240. The van der Waals surface area contributed by atoms with E-state index >= 15 is 0 Å². The van der Waals surface area contributed by atoms with Crippen LogP contribution in [0.3, 0.4) is 0 Å². The van der Waals surface area contributed by atoms with Crippen molar-refractivity contribution in [3.05, 3.63) is 142 Å². The summed E-state index contributed by atoms with van der Waals surface area (Å²) in [5.41, 5.74) is 8.89. The maximum Gasteiger partial charge on any atom is 0.115 e. The van der Waals surface area contributed by atoms with Gasteiger partial charge in [0.1, 0.15) is 6.67 Å². The van der Waals surface area contributed by atoms with Gasteiger partial charge in [-0.1, -0.05) is 139 Å². The van der Waals surface area contributed by atoms with E-state index in [0.717, 1.165) is 16.7 Å². The van der Waals surface area contributed by atoms with Gasteiger partial charge in [0.2, 0.25) is 0 Å². The van der Waals surface area contributed by atoms with Crippen LogP contribution >= 0.6 is 0 Å². The maximum absolute atomic E-state index is 12.6. The molecule has 1 heteroatoms. The summed E-state index contributed by atoms with van der Waals surface area (Å²) in [6.07, 6.45) is 12.6. The average molecular weight is 431 g/mol. The van der Waals surface area contributed by atoms with E-state index in [1.807, 2.05) is 30.3 Å². The number of alkyl halides is 1. The molecule has 0 nitrogen and oxygen atoms in total. The molecule has 162 valence electrons. The first-order chi connectivity index (χ1) is 16.2. The van der Waals surface area contributed by atoms with Crippen molar-refractivity contribution < 1.29 is 4.39 Å². The molecule has 0 bridgehead atoms. The van der Waals surface area contributed by atoms with E-state index in [2.05, 4.69) is 110 Å². The van der Waals surface area contributed by atoms with Gasteiger partial charge in [-0.05, 0) is 45.9 Å². The van der Waals surface area contributed by atoms with Gasteiger partial charge in [-0.3, -0.25) is 0 Å². The van der Waals surface area contributed by atoms with E-state index in [4.69, 9.17) is 0 Å². The lowest BCUT2D eigenvalue weighted by atomic mass is 10.1. The Labute approximate surface area is 196 Å². The predicted octanol–water partition coefficient (Wildman–Crippen LogP) is 8.98. The molecule has 4 aromatic carbocycles. The maximum atomic E-state index is 12.6. The van der Waals surface area contributed by atoms with Crippen LogP contribution in [0, 0.1) is 6.92 Å². The van der Waals surface area contributed by atoms with E-state index in [1.54, 1.807) is 0 Å². The van der Waals surface area contributed by atoms with Crippen molar-refractivity contribution >= 4 is 36.5 Å². The second kappa shape index (κ2) is 11.1. The SMILES string of the molecule is Cc1ccc(/C=C/c2ccc(/C=C/c3ccc(/C=C/c4ccc(CF)cc4)cc3)cc2)cc1. The molecule has 0 saturated carbocycles. The molecule has 0 amide bonds. The minimum Gasteiger partial charge on any atom is -0.246 e. The van der Waals surface area contributed by atoms with Crippen LogP contribution in [-0.2, 0) is 6.67 Å². The standard InChI is InChI=1S/C32H27F/c1-25-2-4-26(5-3-25)6-7-27-8-10-28(11-9-27)12-13-29-14-16-30(17-15-29)18-19-31-20-22-32(24-33)23-21-31/h2-23H,24H2,1H3/b7-6+,13-12+,19-18+. The van der Waals surface area contributed by atoms with Crippen LogP contribution in [0.4, 0.5) is 4.39 Å². The van der Waals surface area contributed by atoms with Gasteiger partial charge in [0.25, 0.3) is 0 Å². The monoisotopic (exact) mass is 430 g/mol. The van der Waals surface area contributed by atoms with E-state index in [-0.39, 0.29) is 0 Å². The van der Waals surface area contributed by atoms with Crippen LogP contribution in [0.1, 0.15) is 44.5 Å². The summed E-state index contributed by atoms with van der Waals surface area (Å²) in [5, 5.41) is 0. The Balaban J connectivity index is 1.34. The first-order valence-electron chi connectivity index (χ1n) is 11.1. The summed E-state index contributed by atoms with van der Waals surface area (Å²) in [6, 6.07) is 33.0. The van der Waals surface area contributed by atoms with Gasteiger partial charge >= 0.3 is 0 Å². The van der Waals surface area contributed by atoms with Gasteiger partial charge in [-0.2, -0.15) is 0 Å². The summed E-state index contributed by atoms with van der Waals surface area (Å²) in [6.45, 7) is 1.68. The van der Waals surface area contributed by atoms with Crippen LogP contribution in [0.2, 0.25) is 0 Å². The second-order valence-electron chi connectivity index (χ2n) is 8.12. The predicted molar refractivity (Wildman–Crippen MR) is 142 cm³/mol. The summed E-state index contributed by atoms with van der Waals surface area (Å²) in [7, 11) is 0. The molecule has 4 rings (SSSR count). The van der Waals surface area contributed by atoms with Crippen molar-refractivity contribution in [3.8, 4) is 0 Å². The van der Waals surface area contributed by atoms with Gasteiger partial charge < -0.3 is 0 Å². The van der Waals surface area contributed by atoms with Crippen molar-refractivity contribution in [2.24, 2.45) is 0 Å². The molecule has 33 heavy (non-hydrogen) atoms. The smallest absolute Gasteiger partial charge is 0.115 e. The zero-order valence-corrected chi connectivity index (χ0v) is 18.8. The topological polar surface area (TPSA) is 0 Å². The molecular weight excluding hydrogens is 403 g/mol. The molecule has 0 atom stereocenters. The molecule has 0 radical (unpaired) electrons. The molecular formula is C32H27F. The average Bonchev–Trinajstić information content (AvgIpc) is 2.87. The highest BCUT2D eigenvalue weighted by atomic mass is 19.1. The van der Waals surface area contributed by atoms with E-state index < -0.39 is 6.67 Å². The summed E-state index contributed by atoms with van der Waals surface area (Å²) < 4.78 is 12.6. The molecule has 0 spiro atoms. The minimum atomic E-state index is -0.422. The Kier molecular flexibility index (Phi) is 7.45. The Hall–Kier alpha value is -3.97. The van der Waals surface area contributed by atoms with Crippen LogP contribution in [0.15, 0.2) is 97.1 Å². The third-order valence-corrected chi connectivity index (χ3v) is 5.49. The third-order valence-electron chi connectivity index (χ3n) is 5.49. The Morgan fingerprint density at radius 2 is 0.667 bits per heavy atom. The third kappa shape index (κ3) is 6.75. The summed E-state index contributed by atoms with van der Waals surface area (Å²) in [4.78, 5) is 0. The van der Waals surface area contributed by atoms with E-state index in [0.29, 0.717) is 5.56 Å². The zero-order chi connectivity index (χ0) is 22.9. The van der Waals surface area contributed by atoms with Gasteiger partial charge in [-0.15, -0.1) is 0 Å². The summed E-state index contributed by atoms with van der Waals surface area (Å²) >= 11 is 0. The van der Waals surface area contributed by atoms with Crippen molar-refractivity contribution in [1.29, 1.82) is 0 Å². The lowest BCUT2D eigenvalue weighted by Gasteiger charge is -1.99. The molecule has 0 N–H and O–H groups in total. The fourth-order valence-electron chi connectivity index (χ4n) is 3.41. The number of aryl methyl sites for hydroxylation is 1. The number of rotatable bonds is 7. The summed E-state index contributed by atoms with van der Waals surface area (Å²) in [5.74, 6) is 0. The minimum absolute atomic E-state index is 0.422. The van der Waals surface area contributed by atoms with Crippen molar-refractivity contribution in [1.82, 2.24) is 0 Å². The molecule has 0 saturated heterocycles. The number of halogens is 1. The highest BCUT2D eigenvalue weighted by molar-refractivity contribution is 5.74. The van der Waals surface area contributed by atoms with Gasteiger partial charge in [-0.25, -0.2) is 4.39 Å². The lowest BCUT2D eigenvalue weighted by Crippen LogP contribution is -1.79. The molecule has 0 unspecified atom stereocenters. The fraction of sp³-hybridized carbons (Fsp3) is 0.0625. The van der Waals surface area contributed by atoms with E-state index in [9.17, 15) is 4.39 Å². The largest absolute Gasteiger partial charge is 0.246 e. The Morgan fingerprint density at radius 3 is 0.939 bits per heavy atom. The van der Waals surface area contributed by atoms with Crippen molar-refractivity contribution in [2.45, 2.75) is 13.6 Å². The van der Waals surface area contributed by atoms with Crippen molar-refractivity contribution in [2.75, 3.05) is 0 Å². The highest BCUT2D eigenvalue weighted by Gasteiger charge is 1.94. The number of benzene rings is 4. The molecule has 0 aliphatic heterocycles. The van der Waals surface area contributed by atoms with E-state index in [1.165, 1.54) is 22.3 Å². The van der Waals surface area contributed by atoms with Crippen LogP contribution in [-0.4, -0.2) is 0 Å². The van der Waals surface area contributed by atoms with Crippen LogP contribution in [0.5, 0.6) is 0 Å². The second-order valence-corrected chi connectivity index (χ2v) is 8.12. The first kappa shape index (κ1) is 22.2.